The summed E-state index contributed by atoms with van der Waals surface area (Å²) in [5.41, 5.74) is 2.48. The first kappa shape index (κ1) is 18.0. The molecule has 7 nitrogen and oxygen atoms in total. The Morgan fingerprint density at radius 2 is 1.96 bits per heavy atom. The number of fused-ring (bicyclic) bond motifs is 1. The van der Waals surface area contributed by atoms with Crippen molar-refractivity contribution in [2.45, 2.75) is 19.9 Å². The number of rotatable bonds is 4. The topological polar surface area (TPSA) is 65.7 Å². The summed E-state index contributed by atoms with van der Waals surface area (Å²) in [6.45, 7) is 6.84. The number of anilines is 1. The molecule has 1 aromatic heterocycles. The van der Waals surface area contributed by atoms with E-state index in [2.05, 4.69) is 51.2 Å². The van der Waals surface area contributed by atoms with Gasteiger partial charge >= 0.3 is 6.01 Å². The average Bonchev–Trinajstić information content (AvgIpc) is 3.28. The molecule has 3 heterocycles. The maximum absolute atomic E-state index is 13.0. The van der Waals surface area contributed by atoms with Gasteiger partial charge in [-0.2, -0.15) is 0 Å². The zero-order valence-electron chi connectivity index (χ0n) is 16.4. The minimum atomic E-state index is 0.0951. The zero-order valence-corrected chi connectivity index (χ0v) is 16.4. The summed E-state index contributed by atoms with van der Waals surface area (Å²) in [5, 5.41) is 8.15. The molecule has 144 valence electrons. The number of hydrogen-bond acceptors (Lipinski definition) is 6. The quantitative estimate of drug-likeness (QED) is 0.820. The van der Waals surface area contributed by atoms with Gasteiger partial charge in [-0.25, -0.2) is 0 Å². The number of hydrogen-bond donors (Lipinski definition) is 0. The van der Waals surface area contributed by atoms with Crippen LogP contribution in [0.15, 0.2) is 28.7 Å². The third-order valence-corrected chi connectivity index (χ3v) is 5.73. The summed E-state index contributed by atoms with van der Waals surface area (Å²) in [7, 11) is 3.88. The summed E-state index contributed by atoms with van der Waals surface area (Å²) in [4.78, 5) is 19.2. The molecule has 0 bridgehead atoms. The fourth-order valence-electron chi connectivity index (χ4n) is 4.55. The van der Waals surface area contributed by atoms with Gasteiger partial charge in [0, 0.05) is 38.4 Å². The van der Waals surface area contributed by atoms with Gasteiger partial charge in [0.2, 0.25) is 11.8 Å². The van der Waals surface area contributed by atoms with E-state index in [1.807, 2.05) is 25.9 Å². The molecule has 4 rings (SSSR count). The van der Waals surface area contributed by atoms with Gasteiger partial charge in [-0.15, -0.1) is 5.10 Å². The number of aryl methyl sites for hydroxylation is 2. The third-order valence-electron chi connectivity index (χ3n) is 5.73. The molecule has 0 saturated carbocycles. The molecule has 7 heteroatoms. The molecule has 1 amide bonds. The zero-order chi connectivity index (χ0) is 19.1. The second-order valence-electron chi connectivity index (χ2n) is 8.02. The van der Waals surface area contributed by atoms with Crippen LogP contribution in [0.5, 0.6) is 0 Å². The molecule has 0 spiro atoms. The Kier molecular flexibility index (Phi) is 4.63. The van der Waals surface area contributed by atoms with Crippen molar-refractivity contribution in [1.82, 2.24) is 20.0 Å². The average molecular weight is 369 g/mol. The largest absolute Gasteiger partial charge is 0.408 e. The van der Waals surface area contributed by atoms with Crippen molar-refractivity contribution in [2.75, 3.05) is 45.2 Å². The van der Waals surface area contributed by atoms with Gasteiger partial charge < -0.3 is 19.1 Å². The monoisotopic (exact) mass is 369 g/mol. The third kappa shape index (κ3) is 3.32. The molecular formula is C20H27N5O2. The predicted molar refractivity (Wildman–Crippen MR) is 102 cm³/mol. The van der Waals surface area contributed by atoms with Gasteiger partial charge in [0.25, 0.3) is 0 Å². The number of likely N-dealkylation sites (N-methyl/N-ethyl adjacent to an activating group) is 1. The van der Waals surface area contributed by atoms with Crippen LogP contribution in [0, 0.1) is 25.7 Å². The van der Waals surface area contributed by atoms with Crippen LogP contribution >= 0.6 is 0 Å². The second-order valence-corrected chi connectivity index (χ2v) is 8.02. The smallest absolute Gasteiger partial charge is 0.318 e. The maximum atomic E-state index is 13.0. The van der Waals surface area contributed by atoms with Crippen molar-refractivity contribution in [3.05, 3.63) is 41.3 Å². The first-order valence-electron chi connectivity index (χ1n) is 9.49. The highest BCUT2D eigenvalue weighted by molar-refractivity contribution is 5.79. The molecule has 27 heavy (non-hydrogen) atoms. The van der Waals surface area contributed by atoms with Gasteiger partial charge in [-0.05, 0) is 32.1 Å². The van der Waals surface area contributed by atoms with Crippen molar-refractivity contribution in [2.24, 2.45) is 11.8 Å². The molecule has 2 aromatic rings. The van der Waals surface area contributed by atoms with E-state index in [0.29, 0.717) is 30.3 Å². The van der Waals surface area contributed by atoms with Crippen molar-refractivity contribution >= 4 is 11.9 Å². The number of amides is 1. The molecule has 0 N–H and O–H groups in total. The number of aromatic nitrogens is 2. The first-order valence-corrected chi connectivity index (χ1v) is 9.49. The highest BCUT2D eigenvalue weighted by Crippen LogP contribution is 2.46. The lowest BCUT2D eigenvalue weighted by Gasteiger charge is -2.31. The van der Waals surface area contributed by atoms with Crippen LogP contribution in [0.3, 0.4) is 0 Å². The molecule has 2 fully saturated rings. The summed E-state index contributed by atoms with van der Waals surface area (Å²) < 4.78 is 5.64. The minimum absolute atomic E-state index is 0.0951. The summed E-state index contributed by atoms with van der Waals surface area (Å²) in [6.07, 6.45) is 0. The number of nitrogens with zero attached hydrogens (tertiary/aromatic N) is 5. The normalized spacial score (nSPS) is 24.7. The Hall–Kier alpha value is -2.41. The SMILES string of the molecule is Cc1nnc(N2C[C@@H]3CN(C(=O)CN(C)C)[C@@H](c4ccccc4C)[C@@H]3C2)o1. The van der Waals surface area contributed by atoms with E-state index >= 15 is 0 Å². The van der Waals surface area contributed by atoms with E-state index in [9.17, 15) is 4.79 Å². The highest BCUT2D eigenvalue weighted by atomic mass is 16.4. The summed E-state index contributed by atoms with van der Waals surface area (Å²) in [5.74, 6) is 1.56. The van der Waals surface area contributed by atoms with Crippen LogP contribution in [0.4, 0.5) is 6.01 Å². The van der Waals surface area contributed by atoms with Crippen molar-refractivity contribution in [1.29, 1.82) is 0 Å². The maximum Gasteiger partial charge on any atom is 0.318 e. The standard InChI is InChI=1S/C20H27N5O2/c1-13-7-5-6-8-16(13)19-17-11-24(20-22-21-14(2)27-20)9-15(17)10-25(19)18(26)12-23(3)4/h5-8,15,17,19H,9-12H2,1-4H3/t15-,17-,19+/m1/s1. The number of carbonyl (C=O) groups is 1. The van der Waals surface area contributed by atoms with E-state index in [1.165, 1.54) is 11.1 Å². The lowest BCUT2D eigenvalue weighted by atomic mass is 9.87. The molecular weight excluding hydrogens is 342 g/mol. The second kappa shape index (κ2) is 6.96. The lowest BCUT2D eigenvalue weighted by Crippen LogP contribution is -2.40. The van der Waals surface area contributed by atoms with Gasteiger partial charge in [0.05, 0.1) is 12.6 Å². The predicted octanol–water partition coefficient (Wildman–Crippen LogP) is 1.88. The molecule has 3 atom stereocenters. The Balaban J connectivity index is 1.64. The molecule has 2 aliphatic rings. The number of benzene rings is 1. The van der Waals surface area contributed by atoms with Crippen molar-refractivity contribution in [3.8, 4) is 0 Å². The van der Waals surface area contributed by atoms with Crippen LogP contribution < -0.4 is 4.90 Å². The fourth-order valence-corrected chi connectivity index (χ4v) is 4.55. The van der Waals surface area contributed by atoms with Crippen LogP contribution in [-0.4, -0.2) is 66.2 Å². The van der Waals surface area contributed by atoms with E-state index in [1.54, 1.807) is 0 Å². The Morgan fingerprint density at radius 3 is 2.63 bits per heavy atom. The van der Waals surface area contributed by atoms with Gasteiger partial charge in [-0.3, -0.25) is 4.79 Å². The van der Waals surface area contributed by atoms with E-state index < -0.39 is 0 Å². The van der Waals surface area contributed by atoms with Crippen LogP contribution in [0.2, 0.25) is 0 Å². The van der Waals surface area contributed by atoms with Gasteiger partial charge in [0.1, 0.15) is 0 Å². The Labute approximate surface area is 159 Å². The van der Waals surface area contributed by atoms with Crippen LogP contribution in [-0.2, 0) is 4.79 Å². The molecule has 0 radical (unpaired) electrons. The molecule has 1 aromatic carbocycles. The Morgan fingerprint density at radius 1 is 1.19 bits per heavy atom. The van der Waals surface area contributed by atoms with E-state index in [4.69, 9.17) is 4.42 Å². The molecule has 0 aliphatic carbocycles. The fraction of sp³-hybridized carbons (Fsp3) is 0.550. The molecule has 2 aliphatic heterocycles. The van der Waals surface area contributed by atoms with Crippen LogP contribution in [0.1, 0.15) is 23.1 Å². The van der Waals surface area contributed by atoms with Gasteiger partial charge in [0.15, 0.2) is 0 Å². The first-order chi connectivity index (χ1) is 12.9. The van der Waals surface area contributed by atoms with Gasteiger partial charge in [-0.1, -0.05) is 29.4 Å². The van der Waals surface area contributed by atoms with E-state index in [-0.39, 0.29) is 11.9 Å². The number of likely N-dealkylation sites (tertiary alicyclic amines) is 1. The number of carbonyl (C=O) groups excluding carboxylic acids is 1. The van der Waals surface area contributed by atoms with Crippen molar-refractivity contribution < 1.29 is 9.21 Å². The Bertz CT molecular complexity index is 833. The summed E-state index contributed by atoms with van der Waals surface area (Å²) >= 11 is 0. The summed E-state index contributed by atoms with van der Waals surface area (Å²) in [6, 6.07) is 9.11. The van der Waals surface area contributed by atoms with E-state index in [0.717, 1.165) is 19.6 Å². The van der Waals surface area contributed by atoms with Crippen LogP contribution in [0.25, 0.3) is 0 Å². The minimum Gasteiger partial charge on any atom is -0.408 e. The highest BCUT2D eigenvalue weighted by Gasteiger charge is 2.50. The molecule has 2 saturated heterocycles. The van der Waals surface area contributed by atoms with Crippen molar-refractivity contribution in [3.63, 3.8) is 0 Å². The molecule has 0 unspecified atom stereocenters. The lowest BCUT2D eigenvalue weighted by molar-refractivity contribution is -0.133.